The third kappa shape index (κ3) is 5.38. The molecule has 0 spiro atoms. The smallest absolute Gasteiger partial charge is 0.341 e. The van der Waals surface area contributed by atoms with Crippen molar-refractivity contribution in [2.24, 2.45) is 0 Å². The molecule has 0 aliphatic heterocycles. The van der Waals surface area contributed by atoms with Gasteiger partial charge in [-0.25, -0.2) is 18.0 Å². The van der Waals surface area contributed by atoms with Gasteiger partial charge in [0.05, 0.1) is 14.2 Å². The summed E-state index contributed by atoms with van der Waals surface area (Å²) in [5.41, 5.74) is -1.58. The summed E-state index contributed by atoms with van der Waals surface area (Å²) in [5, 5.41) is 11.6. The normalized spacial score (nSPS) is 14.6. The number of hydrogen-bond acceptors (Lipinski definition) is 5. The van der Waals surface area contributed by atoms with Crippen molar-refractivity contribution in [1.29, 1.82) is 0 Å². The van der Waals surface area contributed by atoms with Gasteiger partial charge in [0, 0.05) is 35.3 Å². The maximum Gasteiger partial charge on any atom is 0.341 e. The van der Waals surface area contributed by atoms with Crippen LogP contribution in [0.1, 0.15) is 41.3 Å². The molecule has 0 fully saturated rings. The summed E-state index contributed by atoms with van der Waals surface area (Å²) < 4.78 is 53.5. The Morgan fingerprint density at radius 1 is 1.08 bits per heavy atom. The molecule has 6 nitrogen and oxygen atoms in total. The van der Waals surface area contributed by atoms with E-state index in [1.807, 2.05) is 0 Å². The van der Waals surface area contributed by atoms with Crippen LogP contribution in [-0.2, 0) is 16.9 Å². The monoisotopic (exact) mass is 537 g/mol. The number of esters is 1. The first-order valence-electron chi connectivity index (χ1n) is 11.4. The number of aliphatic hydroxyl groups is 1. The van der Waals surface area contributed by atoms with E-state index in [1.54, 1.807) is 31.2 Å². The molecule has 1 aromatic heterocycles. The lowest BCUT2D eigenvalue weighted by Gasteiger charge is -2.38. The number of nitrogens with zero attached hydrogens (tertiary/aromatic N) is 1. The molecule has 0 saturated heterocycles. The fourth-order valence-corrected chi connectivity index (χ4v) is 4.64. The number of aromatic nitrogens is 1. The molecule has 1 unspecified atom stereocenters. The van der Waals surface area contributed by atoms with Gasteiger partial charge in [0.1, 0.15) is 16.9 Å². The first-order chi connectivity index (χ1) is 17.5. The molecule has 37 heavy (non-hydrogen) atoms. The highest BCUT2D eigenvalue weighted by Gasteiger charge is 2.50. The minimum absolute atomic E-state index is 0.102. The van der Waals surface area contributed by atoms with Crippen LogP contribution in [0.4, 0.5) is 13.2 Å². The molecule has 0 saturated carbocycles. The van der Waals surface area contributed by atoms with Gasteiger partial charge in [0.2, 0.25) is 0 Å². The van der Waals surface area contributed by atoms with Crippen LogP contribution in [0.2, 0.25) is 5.02 Å². The lowest BCUT2D eigenvalue weighted by molar-refractivity contribution is -0.117. The standard InChI is InChI=1S/C27H27ClF3NO5/c1-5-32-14-18(8-11-23(32)33)27(35,24(29)25(30)31)15(2)19-9-6-16(12-21(19)28)17-7-10-20(26(34)37-4)22(13-17)36-3/h6-15,24-25,35H,5H2,1-4H3/t15-,24?,27-/m0/s1. The summed E-state index contributed by atoms with van der Waals surface area (Å²) >= 11 is 6.53. The van der Waals surface area contributed by atoms with Gasteiger partial charge in [-0.05, 0) is 47.9 Å². The van der Waals surface area contributed by atoms with E-state index in [0.717, 1.165) is 12.1 Å². The average molecular weight is 538 g/mol. The second kappa shape index (κ2) is 11.4. The van der Waals surface area contributed by atoms with Crippen molar-refractivity contribution < 1.29 is 32.5 Å². The van der Waals surface area contributed by atoms with E-state index in [2.05, 4.69) is 0 Å². The fraction of sp³-hybridized carbons (Fsp3) is 0.333. The van der Waals surface area contributed by atoms with E-state index in [4.69, 9.17) is 21.1 Å². The van der Waals surface area contributed by atoms with E-state index in [0.29, 0.717) is 11.1 Å². The Balaban J connectivity index is 2.08. The lowest BCUT2D eigenvalue weighted by Crippen LogP contribution is -2.46. The van der Waals surface area contributed by atoms with Crippen LogP contribution in [-0.4, -0.2) is 42.5 Å². The van der Waals surface area contributed by atoms with Crippen molar-refractivity contribution in [3.63, 3.8) is 0 Å². The molecule has 10 heteroatoms. The van der Waals surface area contributed by atoms with E-state index in [9.17, 15) is 23.5 Å². The van der Waals surface area contributed by atoms with Crippen LogP contribution < -0.4 is 10.3 Å². The Bertz CT molecular complexity index is 1350. The predicted octanol–water partition coefficient (Wildman–Crippen LogP) is 5.58. The highest BCUT2D eigenvalue weighted by molar-refractivity contribution is 6.31. The molecule has 3 rings (SSSR count). The van der Waals surface area contributed by atoms with Gasteiger partial charge < -0.3 is 19.1 Å². The van der Waals surface area contributed by atoms with Crippen molar-refractivity contribution in [3.05, 3.63) is 86.8 Å². The van der Waals surface area contributed by atoms with Crippen molar-refractivity contribution in [2.45, 2.75) is 44.5 Å². The molecular formula is C27H27ClF3NO5. The molecule has 0 aliphatic rings. The number of benzene rings is 2. The minimum atomic E-state index is -3.49. The highest BCUT2D eigenvalue weighted by Crippen LogP contribution is 2.45. The maximum absolute atomic E-state index is 15.0. The third-order valence-corrected chi connectivity index (χ3v) is 6.82. The van der Waals surface area contributed by atoms with Gasteiger partial charge >= 0.3 is 5.97 Å². The summed E-state index contributed by atoms with van der Waals surface area (Å²) in [7, 11) is 2.66. The molecule has 2 aromatic carbocycles. The molecule has 0 aliphatic carbocycles. The van der Waals surface area contributed by atoms with Crippen LogP contribution >= 0.6 is 11.6 Å². The summed E-state index contributed by atoms with van der Waals surface area (Å²) in [6.45, 7) is 3.26. The second-order valence-corrected chi connectivity index (χ2v) is 8.88. The number of carbonyl (C=O) groups excluding carboxylic acids is 1. The summed E-state index contributed by atoms with van der Waals surface area (Å²) in [4.78, 5) is 23.9. The van der Waals surface area contributed by atoms with Crippen molar-refractivity contribution >= 4 is 17.6 Å². The first-order valence-corrected chi connectivity index (χ1v) is 11.8. The van der Waals surface area contributed by atoms with Gasteiger partial charge in [0.25, 0.3) is 12.0 Å². The predicted molar refractivity (Wildman–Crippen MR) is 134 cm³/mol. The summed E-state index contributed by atoms with van der Waals surface area (Å²) in [6, 6.07) is 11.7. The fourth-order valence-electron chi connectivity index (χ4n) is 4.30. The van der Waals surface area contributed by atoms with Crippen LogP contribution in [0.25, 0.3) is 11.1 Å². The Hall–Kier alpha value is -3.30. The van der Waals surface area contributed by atoms with Crippen LogP contribution in [0.5, 0.6) is 5.75 Å². The topological polar surface area (TPSA) is 77.8 Å². The molecule has 0 radical (unpaired) electrons. The van der Waals surface area contributed by atoms with E-state index in [1.165, 1.54) is 44.0 Å². The number of aryl methyl sites for hydroxylation is 1. The average Bonchev–Trinajstić information content (AvgIpc) is 2.90. The zero-order valence-corrected chi connectivity index (χ0v) is 21.4. The number of alkyl halides is 3. The van der Waals surface area contributed by atoms with Crippen LogP contribution in [0.15, 0.2) is 59.5 Å². The molecule has 1 heterocycles. The Kier molecular flexibility index (Phi) is 8.71. The SMILES string of the molecule is CCn1cc([C@](O)(C(F)C(F)F)[C@@H](C)c2ccc(-c3ccc(C(=O)OC)c(OC)c3)cc2Cl)ccc1=O. The zero-order chi connectivity index (χ0) is 27.5. The second-order valence-electron chi connectivity index (χ2n) is 8.47. The number of hydrogen-bond donors (Lipinski definition) is 1. The van der Waals surface area contributed by atoms with Crippen molar-refractivity contribution in [2.75, 3.05) is 14.2 Å². The Labute approximate surface area is 217 Å². The molecule has 3 atom stereocenters. The van der Waals surface area contributed by atoms with Gasteiger partial charge in [0.15, 0.2) is 6.17 Å². The lowest BCUT2D eigenvalue weighted by atomic mass is 9.75. The number of ether oxygens (including phenoxy) is 2. The van der Waals surface area contributed by atoms with Gasteiger partial charge in [-0.1, -0.05) is 36.7 Å². The van der Waals surface area contributed by atoms with Gasteiger partial charge in [-0.3, -0.25) is 4.79 Å². The largest absolute Gasteiger partial charge is 0.496 e. The summed E-state index contributed by atoms with van der Waals surface area (Å²) in [5.74, 6) is -1.52. The molecule has 1 N–H and O–H groups in total. The third-order valence-electron chi connectivity index (χ3n) is 6.50. The summed E-state index contributed by atoms with van der Waals surface area (Å²) in [6.07, 6.45) is -5.27. The van der Waals surface area contributed by atoms with E-state index >= 15 is 4.39 Å². The van der Waals surface area contributed by atoms with Gasteiger partial charge in [-0.2, -0.15) is 0 Å². The minimum Gasteiger partial charge on any atom is -0.496 e. The van der Waals surface area contributed by atoms with Crippen molar-refractivity contribution in [3.8, 4) is 16.9 Å². The zero-order valence-electron chi connectivity index (χ0n) is 20.7. The number of halogens is 4. The maximum atomic E-state index is 15.0. The number of rotatable bonds is 9. The van der Waals surface area contributed by atoms with Crippen LogP contribution in [0, 0.1) is 0 Å². The van der Waals surface area contributed by atoms with E-state index < -0.39 is 35.6 Å². The van der Waals surface area contributed by atoms with Crippen molar-refractivity contribution in [1.82, 2.24) is 4.57 Å². The van der Waals surface area contributed by atoms with Gasteiger partial charge in [-0.15, -0.1) is 0 Å². The molecular weight excluding hydrogens is 511 g/mol. The molecule has 0 bridgehead atoms. The Morgan fingerprint density at radius 2 is 1.73 bits per heavy atom. The number of carbonyl (C=O) groups is 1. The first kappa shape index (κ1) is 28.3. The highest BCUT2D eigenvalue weighted by atomic mass is 35.5. The molecule has 3 aromatic rings. The number of methoxy groups -OCH3 is 2. The Morgan fingerprint density at radius 3 is 2.30 bits per heavy atom. The molecule has 0 amide bonds. The molecule has 198 valence electrons. The van der Waals surface area contributed by atoms with Crippen LogP contribution in [0.3, 0.4) is 0 Å². The quantitative estimate of drug-likeness (QED) is 0.361. The number of pyridine rings is 1. The van der Waals surface area contributed by atoms with E-state index in [-0.39, 0.29) is 34.0 Å².